The Hall–Kier alpha value is -1.43. The molecule has 0 aliphatic rings. The van der Waals surface area contributed by atoms with E-state index in [1.807, 2.05) is 0 Å². The normalized spacial score (nSPS) is 11.2. The van der Waals surface area contributed by atoms with Gasteiger partial charge in [0.05, 0.1) is 12.7 Å². The summed E-state index contributed by atoms with van der Waals surface area (Å²) in [4.78, 5) is 10.5. The summed E-state index contributed by atoms with van der Waals surface area (Å²) >= 11 is 0. The summed E-state index contributed by atoms with van der Waals surface area (Å²) in [5, 5.41) is 0. The van der Waals surface area contributed by atoms with E-state index in [0.29, 0.717) is 0 Å². The molecule has 0 saturated carbocycles. The summed E-state index contributed by atoms with van der Waals surface area (Å²) in [6.07, 6.45) is 0.859. The van der Waals surface area contributed by atoms with Crippen LogP contribution in [0.5, 0.6) is 5.75 Å². The first-order valence-corrected chi connectivity index (χ1v) is 6.25. The molecule has 0 aromatic heterocycles. The fourth-order valence-corrected chi connectivity index (χ4v) is 2.27. The summed E-state index contributed by atoms with van der Waals surface area (Å²) in [6, 6.07) is 2.46. The van der Waals surface area contributed by atoms with E-state index in [2.05, 4.69) is 0 Å². The van der Waals surface area contributed by atoms with Gasteiger partial charge in [-0.2, -0.15) is 0 Å². The van der Waals surface area contributed by atoms with Crippen molar-refractivity contribution in [2.45, 2.75) is 11.8 Å². The van der Waals surface area contributed by atoms with Gasteiger partial charge in [-0.15, -0.1) is 0 Å². The number of ketones is 1. The minimum absolute atomic E-state index is 0.106. The lowest BCUT2D eigenvalue weighted by Gasteiger charge is -2.09. The van der Waals surface area contributed by atoms with E-state index in [0.717, 1.165) is 13.2 Å². The number of rotatable bonds is 3. The van der Waals surface area contributed by atoms with Crippen molar-refractivity contribution in [1.29, 1.82) is 0 Å². The molecule has 0 amide bonds. The topological polar surface area (TPSA) is 60.4 Å². The minimum Gasteiger partial charge on any atom is -0.495 e. The van der Waals surface area contributed by atoms with Crippen LogP contribution in [0.3, 0.4) is 0 Å². The van der Waals surface area contributed by atoms with Crippen LogP contribution >= 0.6 is 0 Å². The van der Waals surface area contributed by atoms with E-state index < -0.39 is 26.3 Å². The predicted molar refractivity (Wildman–Crippen MR) is 56.1 cm³/mol. The van der Waals surface area contributed by atoms with E-state index in [1.54, 1.807) is 0 Å². The highest BCUT2D eigenvalue weighted by Crippen LogP contribution is 2.28. The number of carbonyl (C=O) groups is 1. The fraction of sp³-hybridized carbons (Fsp3) is 0.300. The summed E-state index contributed by atoms with van der Waals surface area (Å²) in [6.45, 7) is 1.16. The van der Waals surface area contributed by atoms with Gasteiger partial charge < -0.3 is 4.74 Å². The molecule has 0 spiro atoms. The van der Waals surface area contributed by atoms with Crippen LogP contribution in [-0.4, -0.2) is 27.6 Å². The number of ether oxygens (including phenoxy) is 1. The lowest BCUT2D eigenvalue weighted by atomic mass is 10.1. The van der Waals surface area contributed by atoms with Crippen LogP contribution in [0.15, 0.2) is 17.0 Å². The zero-order chi connectivity index (χ0) is 12.5. The molecule has 1 aromatic rings. The van der Waals surface area contributed by atoms with Gasteiger partial charge >= 0.3 is 0 Å². The molecule has 88 valence electrons. The summed E-state index contributed by atoms with van der Waals surface area (Å²) in [5.41, 5.74) is -0.263. The van der Waals surface area contributed by atoms with Crippen LogP contribution in [0.25, 0.3) is 0 Å². The van der Waals surface area contributed by atoms with Gasteiger partial charge in [0.25, 0.3) is 0 Å². The van der Waals surface area contributed by atoms with Gasteiger partial charge in [-0.05, 0) is 19.1 Å². The van der Waals surface area contributed by atoms with Crippen LogP contribution in [0.2, 0.25) is 0 Å². The highest BCUT2D eigenvalue weighted by Gasteiger charge is 2.24. The molecule has 0 radical (unpaired) electrons. The summed E-state index contributed by atoms with van der Waals surface area (Å²) < 4.78 is 41.3. The highest BCUT2D eigenvalue weighted by molar-refractivity contribution is 7.90. The van der Waals surface area contributed by atoms with Gasteiger partial charge in [0.1, 0.15) is 10.6 Å². The zero-order valence-corrected chi connectivity index (χ0v) is 9.89. The Balaban J connectivity index is 3.67. The van der Waals surface area contributed by atoms with Crippen molar-refractivity contribution in [1.82, 2.24) is 0 Å². The third kappa shape index (κ3) is 2.21. The van der Waals surface area contributed by atoms with Gasteiger partial charge in [-0.1, -0.05) is 0 Å². The molecule has 0 heterocycles. The van der Waals surface area contributed by atoms with Crippen molar-refractivity contribution >= 4 is 15.6 Å². The predicted octanol–water partition coefficient (Wildman–Crippen LogP) is 1.44. The quantitative estimate of drug-likeness (QED) is 0.757. The molecule has 0 atom stereocenters. The zero-order valence-electron chi connectivity index (χ0n) is 9.07. The second-order valence-electron chi connectivity index (χ2n) is 3.29. The Kier molecular flexibility index (Phi) is 3.32. The lowest BCUT2D eigenvalue weighted by Crippen LogP contribution is -2.08. The average Bonchev–Trinajstić information content (AvgIpc) is 2.14. The van der Waals surface area contributed by atoms with Gasteiger partial charge in [0.15, 0.2) is 21.4 Å². The minimum atomic E-state index is -3.78. The van der Waals surface area contributed by atoms with Gasteiger partial charge in [0, 0.05) is 6.26 Å². The monoisotopic (exact) mass is 246 g/mol. The average molecular weight is 246 g/mol. The van der Waals surface area contributed by atoms with Crippen LogP contribution in [-0.2, 0) is 9.84 Å². The first kappa shape index (κ1) is 12.6. The Morgan fingerprint density at radius 1 is 1.38 bits per heavy atom. The van der Waals surface area contributed by atoms with Crippen molar-refractivity contribution in [3.8, 4) is 5.75 Å². The van der Waals surface area contributed by atoms with E-state index >= 15 is 0 Å². The highest BCUT2D eigenvalue weighted by atomic mass is 32.2. The molecule has 4 nitrogen and oxygen atoms in total. The molecule has 6 heteroatoms. The molecular formula is C10H11FO4S. The molecular weight excluding hydrogens is 235 g/mol. The first-order valence-electron chi connectivity index (χ1n) is 4.36. The van der Waals surface area contributed by atoms with Crippen molar-refractivity contribution in [3.05, 3.63) is 23.5 Å². The molecule has 1 aromatic carbocycles. The van der Waals surface area contributed by atoms with Crippen molar-refractivity contribution in [2.75, 3.05) is 13.4 Å². The van der Waals surface area contributed by atoms with Crippen LogP contribution in [0.4, 0.5) is 4.39 Å². The van der Waals surface area contributed by atoms with E-state index in [-0.39, 0.29) is 11.3 Å². The third-order valence-corrected chi connectivity index (χ3v) is 3.15. The SMILES string of the molecule is COc1ccc(C(C)=O)c(F)c1S(C)(=O)=O. The second kappa shape index (κ2) is 4.21. The Morgan fingerprint density at radius 3 is 2.31 bits per heavy atom. The Bertz CT molecular complexity index is 534. The van der Waals surface area contributed by atoms with E-state index in [4.69, 9.17) is 4.74 Å². The van der Waals surface area contributed by atoms with Crippen molar-refractivity contribution < 1.29 is 22.3 Å². The number of sulfone groups is 1. The largest absolute Gasteiger partial charge is 0.495 e. The molecule has 0 fully saturated rings. The molecule has 0 saturated heterocycles. The Morgan fingerprint density at radius 2 is 1.94 bits per heavy atom. The maximum absolute atomic E-state index is 13.8. The van der Waals surface area contributed by atoms with Gasteiger partial charge in [-0.25, -0.2) is 12.8 Å². The van der Waals surface area contributed by atoms with E-state index in [9.17, 15) is 17.6 Å². The fourth-order valence-electron chi connectivity index (χ4n) is 1.32. The molecule has 0 aliphatic carbocycles. The van der Waals surface area contributed by atoms with E-state index in [1.165, 1.54) is 19.2 Å². The number of hydrogen-bond donors (Lipinski definition) is 0. The molecule has 0 N–H and O–H groups in total. The van der Waals surface area contributed by atoms with Gasteiger partial charge in [0.2, 0.25) is 0 Å². The van der Waals surface area contributed by atoms with Crippen LogP contribution < -0.4 is 4.74 Å². The number of benzene rings is 1. The molecule has 0 unspecified atom stereocenters. The smallest absolute Gasteiger partial charge is 0.182 e. The number of hydrogen-bond acceptors (Lipinski definition) is 4. The van der Waals surface area contributed by atoms with Crippen molar-refractivity contribution in [2.24, 2.45) is 0 Å². The third-order valence-electron chi connectivity index (χ3n) is 2.03. The summed E-state index contributed by atoms with van der Waals surface area (Å²) in [5.74, 6) is -1.70. The van der Waals surface area contributed by atoms with Crippen molar-refractivity contribution in [3.63, 3.8) is 0 Å². The van der Waals surface area contributed by atoms with Crippen LogP contribution in [0, 0.1) is 5.82 Å². The molecule has 16 heavy (non-hydrogen) atoms. The second-order valence-corrected chi connectivity index (χ2v) is 5.24. The van der Waals surface area contributed by atoms with Crippen LogP contribution in [0.1, 0.15) is 17.3 Å². The summed E-state index contributed by atoms with van der Waals surface area (Å²) in [7, 11) is -2.55. The molecule has 1 rings (SSSR count). The number of Topliss-reactive ketones (excluding diaryl/α,β-unsaturated/α-hetero) is 1. The molecule has 0 aliphatic heterocycles. The maximum atomic E-state index is 13.8. The standard InChI is InChI=1S/C10H11FO4S/c1-6(12)7-4-5-8(15-2)10(9(7)11)16(3,13)14/h4-5H,1-3H3. The Labute approximate surface area is 93.0 Å². The number of carbonyl (C=O) groups excluding carboxylic acids is 1. The number of halogens is 1. The molecule has 0 bridgehead atoms. The number of methoxy groups -OCH3 is 1. The maximum Gasteiger partial charge on any atom is 0.182 e. The lowest BCUT2D eigenvalue weighted by molar-refractivity contribution is 0.101. The van der Waals surface area contributed by atoms with Gasteiger partial charge in [-0.3, -0.25) is 4.79 Å². The first-order chi connectivity index (χ1) is 7.29.